The maximum atomic E-state index is 11.2. The predicted octanol–water partition coefficient (Wildman–Crippen LogP) is 2.26. The van der Waals surface area contributed by atoms with Gasteiger partial charge in [0, 0.05) is 12.5 Å². The van der Waals surface area contributed by atoms with E-state index in [1.807, 2.05) is 32.9 Å². The molecule has 1 aromatic carbocycles. The molecule has 1 aromatic rings. The summed E-state index contributed by atoms with van der Waals surface area (Å²) in [4.78, 5) is 0. The van der Waals surface area contributed by atoms with Crippen LogP contribution in [0.4, 0.5) is 0 Å². The Balaban J connectivity index is 3.32. The minimum atomic E-state index is 0.712. The molecule has 0 unspecified atom stereocenters. The van der Waals surface area contributed by atoms with Crippen molar-refractivity contribution in [3.8, 4) is 5.75 Å². The van der Waals surface area contributed by atoms with Crippen LogP contribution in [0, 0.1) is 19.1 Å². The third kappa shape index (κ3) is 2.29. The molecule has 0 bridgehead atoms. The number of hydroxylamine groups is 1. The van der Waals surface area contributed by atoms with Crippen LogP contribution in [0.3, 0.4) is 0 Å². The lowest BCUT2D eigenvalue weighted by Gasteiger charge is -2.11. The molecule has 0 N–H and O–H groups in total. The predicted molar refractivity (Wildman–Crippen MR) is 61.8 cm³/mol. The van der Waals surface area contributed by atoms with Crippen molar-refractivity contribution in [1.82, 2.24) is 0 Å². The number of nitrogens with zero attached hydrogens (tertiary/aromatic N) is 1. The molecule has 82 valence electrons. The average Bonchev–Trinajstić information content (AvgIpc) is 2.15. The highest BCUT2D eigenvalue weighted by Gasteiger charge is 2.10. The van der Waals surface area contributed by atoms with E-state index in [1.54, 1.807) is 7.11 Å². The summed E-state index contributed by atoms with van der Waals surface area (Å²) in [7, 11) is 3.16. The van der Waals surface area contributed by atoms with E-state index in [0.29, 0.717) is 5.71 Å². The number of aryl methyl sites for hydroxylation is 2. The van der Waals surface area contributed by atoms with Gasteiger partial charge in [-0.1, -0.05) is 0 Å². The summed E-state index contributed by atoms with van der Waals surface area (Å²) in [5, 5.41) is 11.2. The second-order valence-electron chi connectivity index (χ2n) is 3.73. The summed E-state index contributed by atoms with van der Waals surface area (Å²) in [5.41, 5.74) is 3.76. The summed E-state index contributed by atoms with van der Waals surface area (Å²) >= 11 is 0. The maximum Gasteiger partial charge on any atom is 0.191 e. The van der Waals surface area contributed by atoms with Gasteiger partial charge in [-0.25, -0.2) is 4.74 Å². The van der Waals surface area contributed by atoms with E-state index < -0.39 is 0 Å². The standard InChI is InChI=1S/C12H17NO2/c1-8-6-11(10(3)13(4)14)7-9(2)12(8)15-5/h6-7H,1-5H3/b13-10-. The van der Waals surface area contributed by atoms with Gasteiger partial charge in [-0.2, -0.15) is 0 Å². The first-order chi connectivity index (χ1) is 6.97. The van der Waals surface area contributed by atoms with Gasteiger partial charge >= 0.3 is 0 Å². The smallest absolute Gasteiger partial charge is 0.191 e. The van der Waals surface area contributed by atoms with E-state index in [-0.39, 0.29) is 0 Å². The van der Waals surface area contributed by atoms with Crippen molar-refractivity contribution in [3.05, 3.63) is 34.0 Å². The van der Waals surface area contributed by atoms with E-state index >= 15 is 0 Å². The Labute approximate surface area is 90.6 Å². The summed E-state index contributed by atoms with van der Waals surface area (Å²) in [6.07, 6.45) is 0. The molecule has 1 rings (SSSR count). The van der Waals surface area contributed by atoms with Crippen molar-refractivity contribution in [2.24, 2.45) is 0 Å². The lowest BCUT2D eigenvalue weighted by Crippen LogP contribution is -2.10. The minimum absolute atomic E-state index is 0.712. The van der Waals surface area contributed by atoms with Crippen LogP contribution < -0.4 is 4.74 Å². The molecular weight excluding hydrogens is 190 g/mol. The van der Waals surface area contributed by atoms with Gasteiger partial charge in [0.05, 0.1) is 7.11 Å². The van der Waals surface area contributed by atoms with Crippen LogP contribution in [0.1, 0.15) is 23.6 Å². The molecule has 0 aliphatic carbocycles. The largest absolute Gasteiger partial charge is 0.624 e. The van der Waals surface area contributed by atoms with Gasteiger partial charge in [0.15, 0.2) is 5.71 Å². The van der Waals surface area contributed by atoms with Crippen LogP contribution >= 0.6 is 0 Å². The third-order valence-electron chi connectivity index (χ3n) is 2.55. The van der Waals surface area contributed by atoms with Crippen LogP contribution in [0.2, 0.25) is 0 Å². The second kappa shape index (κ2) is 4.34. The first-order valence-electron chi connectivity index (χ1n) is 4.87. The lowest BCUT2D eigenvalue weighted by atomic mass is 10.0. The van der Waals surface area contributed by atoms with E-state index in [2.05, 4.69) is 0 Å². The van der Waals surface area contributed by atoms with Gasteiger partial charge in [-0.05, 0) is 37.1 Å². The van der Waals surface area contributed by atoms with Crippen molar-refractivity contribution >= 4 is 5.71 Å². The molecule has 0 amide bonds. The molecule has 0 spiro atoms. The molecule has 0 fully saturated rings. The van der Waals surface area contributed by atoms with Crippen molar-refractivity contribution < 1.29 is 9.48 Å². The Morgan fingerprint density at radius 2 is 1.73 bits per heavy atom. The van der Waals surface area contributed by atoms with E-state index in [9.17, 15) is 5.21 Å². The summed E-state index contributed by atoms with van der Waals surface area (Å²) in [6, 6.07) is 3.94. The van der Waals surface area contributed by atoms with Gasteiger partial charge in [0.2, 0.25) is 0 Å². The Bertz CT molecular complexity index is 381. The Morgan fingerprint density at radius 1 is 1.27 bits per heavy atom. The number of hydrogen-bond acceptors (Lipinski definition) is 2. The number of benzene rings is 1. The molecule has 0 aliphatic rings. The zero-order valence-corrected chi connectivity index (χ0v) is 9.92. The van der Waals surface area contributed by atoms with E-state index in [1.165, 1.54) is 7.05 Å². The number of ether oxygens (including phenoxy) is 1. The monoisotopic (exact) mass is 207 g/mol. The fourth-order valence-electron chi connectivity index (χ4n) is 1.66. The molecule has 15 heavy (non-hydrogen) atoms. The van der Waals surface area contributed by atoms with Gasteiger partial charge < -0.3 is 9.94 Å². The molecule has 0 saturated heterocycles. The van der Waals surface area contributed by atoms with Gasteiger partial charge in [0.1, 0.15) is 12.8 Å². The highest BCUT2D eigenvalue weighted by molar-refractivity contribution is 5.95. The van der Waals surface area contributed by atoms with E-state index in [0.717, 1.165) is 27.2 Å². The Kier molecular flexibility index (Phi) is 3.35. The Morgan fingerprint density at radius 3 is 2.07 bits per heavy atom. The zero-order chi connectivity index (χ0) is 11.6. The molecule has 0 atom stereocenters. The molecule has 0 aliphatic heterocycles. The summed E-state index contributed by atoms with van der Waals surface area (Å²) in [5.74, 6) is 0.889. The van der Waals surface area contributed by atoms with Gasteiger partial charge in [-0.3, -0.25) is 0 Å². The summed E-state index contributed by atoms with van der Waals surface area (Å²) in [6.45, 7) is 5.77. The molecule has 0 saturated carbocycles. The van der Waals surface area contributed by atoms with Gasteiger partial charge in [0.25, 0.3) is 0 Å². The molecule has 0 heterocycles. The molecular formula is C12H17NO2. The van der Waals surface area contributed by atoms with Crippen LogP contribution in [0.15, 0.2) is 12.1 Å². The topological polar surface area (TPSA) is 35.3 Å². The first-order valence-corrected chi connectivity index (χ1v) is 4.87. The summed E-state index contributed by atoms with van der Waals surface area (Å²) < 4.78 is 6.15. The quantitative estimate of drug-likeness (QED) is 0.323. The van der Waals surface area contributed by atoms with Crippen molar-refractivity contribution in [1.29, 1.82) is 0 Å². The molecule has 3 nitrogen and oxygen atoms in total. The maximum absolute atomic E-state index is 11.2. The third-order valence-corrected chi connectivity index (χ3v) is 2.55. The lowest BCUT2D eigenvalue weighted by molar-refractivity contribution is -0.422. The van der Waals surface area contributed by atoms with Crippen LogP contribution in [-0.2, 0) is 0 Å². The minimum Gasteiger partial charge on any atom is -0.624 e. The molecule has 0 aromatic heterocycles. The Hall–Kier alpha value is -1.51. The fraction of sp³-hybridized carbons (Fsp3) is 0.417. The second-order valence-corrected chi connectivity index (χ2v) is 3.73. The van der Waals surface area contributed by atoms with Crippen LogP contribution in [-0.4, -0.2) is 24.6 Å². The van der Waals surface area contributed by atoms with Gasteiger partial charge in [-0.15, -0.1) is 0 Å². The van der Waals surface area contributed by atoms with Crippen LogP contribution in [0.25, 0.3) is 0 Å². The van der Waals surface area contributed by atoms with Crippen molar-refractivity contribution in [2.45, 2.75) is 20.8 Å². The normalized spacial score (nSPS) is 12.3. The fourth-order valence-corrected chi connectivity index (χ4v) is 1.66. The van der Waals surface area contributed by atoms with E-state index in [4.69, 9.17) is 4.74 Å². The number of methoxy groups -OCH3 is 1. The SMILES string of the molecule is COc1c(C)cc(/C(C)=[N+](/C)[O-])cc1C. The molecule has 3 heteroatoms. The number of rotatable bonds is 2. The van der Waals surface area contributed by atoms with Crippen molar-refractivity contribution in [3.63, 3.8) is 0 Å². The average molecular weight is 207 g/mol. The molecule has 0 radical (unpaired) electrons. The highest BCUT2D eigenvalue weighted by atomic mass is 16.5. The first kappa shape index (κ1) is 11.6. The van der Waals surface area contributed by atoms with Crippen molar-refractivity contribution in [2.75, 3.05) is 14.2 Å². The number of hydrogen-bond donors (Lipinski definition) is 0. The van der Waals surface area contributed by atoms with Crippen LogP contribution in [0.5, 0.6) is 5.75 Å². The zero-order valence-electron chi connectivity index (χ0n) is 9.92. The highest BCUT2D eigenvalue weighted by Crippen LogP contribution is 2.24.